The zero-order valence-electron chi connectivity index (χ0n) is 12.1. The Bertz CT molecular complexity index is 802. The van der Waals surface area contributed by atoms with E-state index in [0.717, 1.165) is 12.1 Å². The first-order chi connectivity index (χ1) is 10.7. The molecule has 8 heteroatoms. The van der Waals surface area contributed by atoms with Gasteiger partial charge in [-0.2, -0.15) is 13.2 Å². The van der Waals surface area contributed by atoms with Gasteiger partial charge in [-0.15, -0.1) is 11.8 Å². The normalized spacial score (nSPS) is 11.3. The van der Waals surface area contributed by atoms with Crippen molar-refractivity contribution in [1.82, 2.24) is 4.57 Å². The Kier molecular flexibility index (Phi) is 4.43. The number of carboxylic acid groups (broad SMARTS) is 1. The predicted octanol–water partition coefficient (Wildman–Crippen LogP) is 4.68. The zero-order valence-corrected chi connectivity index (χ0v) is 12.9. The van der Waals surface area contributed by atoms with E-state index >= 15 is 0 Å². The number of carboxylic acids is 1. The van der Waals surface area contributed by atoms with Crippen LogP contribution in [0, 0.1) is 6.57 Å². The minimum atomic E-state index is -4.47. The topological polar surface area (TPSA) is 46.6 Å². The number of benzene rings is 1. The molecule has 2 aromatic rings. The van der Waals surface area contributed by atoms with Gasteiger partial charge in [-0.1, -0.05) is 12.1 Å². The Morgan fingerprint density at radius 1 is 1.30 bits per heavy atom. The van der Waals surface area contributed by atoms with Crippen LogP contribution >= 0.6 is 11.8 Å². The molecule has 0 spiro atoms. The fourth-order valence-electron chi connectivity index (χ4n) is 2.33. The molecule has 0 aliphatic rings. The fourth-order valence-corrected chi connectivity index (χ4v) is 3.04. The maximum atomic E-state index is 12.6. The summed E-state index contributed by atoms with van der Waals surface area (Å²) in [6.07, 6.45) is -2.77. The first-order valence-corrected chi connectivity index (χ1v) is 7.49. The standard InChI is InChI=1S/C15H11F3N2O2S/c1-19-11-10(12(14(21)22)20(2)13(11)23-3)8-4-6-9(7-5-8)15(16,17)18/h4-7H,2-3H3,(H,21,22). The second-order valence-corrected chi connectivity index (χ2v) is 5.43. The molecule has 0 atom stereocenters. The van der Waals surface area contributed by atoms with E-state index in [1.54, 1.807) is 6.26 Å². The lowest BCUT2D eigenvalue weighted by molar-refractivity contribution is -0.137. The molecule has 0 radical (unpaired) electrons. The van der Waals surface area contributed by atoms with Crippen LogP contribution in [0.1, 0.15) is 16.1 Å². The average molecular weight is 340 g/mol. The summed E-state index contributed by atoms with van der Waals surface area (Å²) in [5.74, 6) is -1.24. The summed E-state index contributed by atoms with van der Waals surface area (Å²) in [5.41, 5.74) is -0.439. The quantitative estimate of drug-likeness (QED) is 0.652. The van der Waals surface area contributed by atoms with Crippen LogP contribution in [0.15, 0.2) is 29.3 Å². The van der Waals surface area contributed by atoms with Crippen LogP contribution in [0.3, 0.4) is 0 Å². The molecule has 4 nitrogen and oxygen atoms in total. The molecule has 0 fully saturated rings. The highest BCUT2D eigenvalue weighted by atomic mass is 32.2. The molecule has 23 heavy (non-hydrogen) atoms. The first kappa shape index (κ1) is 17.0. The molecular formula is C15H11F3N2O2S. The van der Waals surface area contributed by atoms with E-state index < -0.39 is 17.7 Å². The fraction of sp³-hybridized carbons (Fsp3) is 0.200. The van der Waals surface area contributed by atoms with Crippen molar-refractivity contribution in [2.45, 2.75) is 11.2 Å². The minimum Gasteiger partial charge on any atom is -0.477 e. The summed E-state index contributed by atoms with van der Waals surface area (Å²) in [6.45, 7) is 7.30. The molecule has 0 saturated heterocycles. The Morgan fingerprint density at radius 3 is 2.26 bits per heavy atom. The molecule has 1 heterocycles. The smallest absolute Gasteiger partial charge is 0.416 e. The number of carbonyl (C=O) groups is 1. The van der Waals surface area contributed by atoms with Gasteiger partial charge in [0.05, 0.1) is 17.2 Å². The van der Waals surface area contributed by atoms with Gasteiger partial charge in [-0.25, -0.2) is 9.64 Å². The van der Waals surface area contributed by atoms with Crippen molar-refractivity contribution < 1.29 is 23.1 Å². The summed E-state index contributed by atoms with van der Waals surface area (Å²) < 4.78 is 39.3. The third-order valence-corrected chi connectivity index (χ3v) is 4.18. The Morgan fingerprint density at radius 2 is 1.87 bits per heavy atom. The van der Waals surface area contributed by atoms with Gasteiger partial charge < -0.3 is 9.67 Å². The minimum absolute atomic E-state index is 0.122. The van der Waals surface area contributed by atoms with Crippen LogP contribution in [0.25, 0.3) is 16.0 Å². The molecule has 0 bridgehead atoms. The van der Waals surface area contributed by atoms with Gasteiger partial charge in [-0.05, 0) is 24.0 Å². The number of nitrogens with zero attached hydrogens (tertiary/aromatic N) is 2. The zero-order chi connectivity index (χ0) is 17.4. The number of halogens is 3. The SMILES string of the molecule is [C-]#[N+]c1c(-c2ccc(C(F)(F)F)cc2)c(C(=O)O)n(C)c1SC. The van der Waals surface area contributed by atoms with E-state index in [-0.39, 0.29) is 22.5 Å². The number of rotatable bonds is 3. The van der Waals surface area contributed by atoms with Crippen LogP contribution in [0.2, 0.25) is 0 Å². The highest BCUT2D eigenvalue weighted by molar-refractivity contribution is 7.98. The number of thioether (sulfide) groups is 1. The number of aromatic nitrogens is 1. The molecule has 120 valence electrons. The number of aromatic carboxylic acids is 1. The highest BCUT2D eigenvalue weighted by Gasteiger charge is 2.31. The van der Waals surface area contributed by atoms with Crippen molar-refractivity contribution >= 4 is 23.4 Å². The van der Waals surface area contributed by atoms with E-state index in [0.29, 0.717) is 5.03 Å². The molecule has 0 amide bonds. The summed E-state index contributed by atoms with van der Waals surface area (Å²) in [5, 5.41) is 9.86. The predicted molar refractivity (Wildman–Crippen MR) is 80.9 cm³/mol. The Balaban J connectivity index is 2.72. The van der Waals surface area contributed by atoms with Crippen LogP contribution in [0.5, 0.6) is 0 Å². The molecule has 0 unspecified atom stereocenters. The molecule has 1 aromatic carbocycles. The van der Waals surface area contributed by atoms with Crippen molar-refractivity contribution in [3.8, 4) is 11.1 Å². The molecule has 1 N–H and O–H groups in total. The molecule has 0 aliphatic heterocycles. The van der Waals surface area contributed by atoms with Crippen molar-refractivity contribution in [3.63, 3.8) is 0 Å². The van der Waals surface area contributed by atoms with Gasteiger partial charge in [-0.3, -0.25) is 0 Å². The number of hydrogen-bond donors (Lipinski definition) is 1. The third-order valence-electron chi connectivity index (χ3n) is 3.32. The summed E-state index contributed by atoms with van der Waals surface area (Å²) in [6, 6.07) is 4.12. The van der Waals surface area contributed by atoms with Gasteiger partial charge in [0.25, 0.3) is 0 Å². The number of alkyl halides is 3. The van der Waals surface area contributed by atoms with Crippen molar-refractivity contribution in [2.75, 3.05) is 6.26 Å². The van der Waals surface area contributed by atoms with E-state index in [9.17, 15) is 23.1 Å². The molecule has 0 aliphatic carbocycles. The maximum Gasteiger partial charge on any atom is 0.416 e. The van der Waals surface area contributed by atoms with Crippen molar-refractivity contribution in [3.05, 3.63) is 46.9 Å². The van der Waals surface area contributed by atoms with E-state index in [2.05, 4.69) is 4.85 Å². The molecule has 2 rings (SSSR count). The van der Waals surface area contributed by atoms with E-state index in [1.165, 1.54) is 35.5 Å². The lowest BCUT2D eigenvalue weighted by Gasteiger charge is -2.08. The van der Waals surface area contributed by atoms with Gasteiger partial charge >= 0.3 is 12.1 Å². The average Bonchev–Trinajstić information content (AvgIpc) is 2.78. The highest BCUT2D eigenvalue weighted by Crippen LogP contribution is 2.43. The van der Waals surface area contributed by atoms with E-state index in [1.807, 2.05) is 0 Å². The van der Waals surface area contributed by atoms with E-state index in [4.69, 9.17) is 6.57 Å². The summed E-state index contributed by atoms with van der Waals surface area (Å²) >= 11 is 1.21. The van der Waals surface area contributed by atoms with Gasteiger partial charge in [0.2, 0.25) is 5.69 Å². The second kappa shape index (κ2) is 6.01. The van der Waals surface area contributed by atoms with Crippen molar-refractivity contribution in [2.24, 2.45) is 7.05 Å². The summed E-state index contributed by atoms with van der Waals surface area (Å²) in [4.78, 5) is 14.9. The second-order valence-electron chi connectivity index (χ2n) is 4.63. The van der Waals surface area contributed by atoms with Gasteiger partial charge in [0.15, 0.2) is 0 Å². The van der Waals surface area contributed by atoms with Crippen LogP contribution in [-0.2, 0) is 13.2 Å². The number of hydrogen-bond acceptors (Lipinski definition) is 2. The molecular weight excluding hydrogens is 329 g/mol. The Labute approximate surface area is 134 Å². The van der Waals surface area contributed by atoms with Crippen LogP contribution < -0.4 is 0 Å². The van der Waals surface area contributed by atoms with Crippen LogP contribution in [-0.4, -0.2) is 21.9 Å². The maximum absolute atomic E-state index is 12.6. The lowest BCUT2D eigenvalue weighted by Crippen LogP contribution is -2.07. The van der Waals surface area contributed by atoms with Gasteiger partial charge in [0, 0.05) is 12.6 Å². The molecule has 1 aromatic heterocycles. The van der Waals surface area contributed by atoms with Gasteiger partial charge in [0.1, 0.15) is 5.69 Å². The lowest BCUT2D eigenvalue weighted by atomic mass is 10.0. The van der Waals surface area contributed by atoms with Crippen LogP contribution in [0.4, 0.5) is 18.9 Å². The Hall–Kier alpha value is -2.40. The third kappa shape index (κ3) is 2.92. The molecule has 0 saturated carbocycles. The summed E-state index contributed by atoms with van der Waals surface area (Å²) in [7, 11) is 1.51. The monoisotopic (exact) mass is 340 g/mol. The largest absolute Gasteiger partial charge is 0.477 e. The van der Waals surface area contributed by atoms with Crippen molar-refractivity contribution in [1.29, 1.82) is 0 Å². The first-order valence-electron chi connectivity index (χ1n) is 6.27.